The average Bonchev–Trinajstić information content (AvgIpc) is 2.43. The summed E-state index contributed by atoms with van der Waals surface area (Å²) in [6, 6.07) is 5.10. The number of aliphatic hydroxyl groups excluding tert-OH is 1. The maximum atomic E-state index is 11.9. The van der Waals surface area contributed by atoms with Crippen molar-refractivity contribution >= 4 is 17.6 Å². The molecule has 0 radical (unpaired) electrons. The minimum atomic E-state index is -0.391. The molecule has 2 amide bonds. The van der Waals surface area contributed by atoms with Gasteiger partial charge in [0.15, 0.2) is 0 Å². The van der Waals surface area contributed by atoms with Gasteiger partial charge >= 0.3 is 6.03 Å². The van der Waals surface area contributed by atoms with Crippen molar-refractivity contribution in [3.05, 3.63) is 28.8 Å². The van der Waals surface area contributed by atoms with Gasteiger partial charge in [0.05, 0.1) is 12.7 Å². The predicted octanol–water partition coefficient (Wildman–Crippen LogP) is 3.34. The summed E-state index contributed by atoms with van der Waals surface area (Å²) in [6.45, 7) is 9.04. The van der Waals surface area contributed by atoms with Gasteiger partial charge in [-0.1, -0.05) is 31.5 Å². The molecule has 0 aliphatic rings. The molecule has 5 nitrogen and oxygen atoms in total. The van der Waals surface area contributed by atoms with Gasteiger partial charge in [-0.3, -0.25) is 0 Å². The Morgan fingerprint density at radius 3 is 2.70 bits per heavy atom. The third kappa shape index (κ3) is 7.57. The minimum Gasteiger partial charge on any atom is -0.493 e. The molecule has 1 unspecified atom stereocenters. The van der Waals surface area contributed by atoms with Crippen LogP contribution in [0.15, 0.2) is 18.2 Å². The molecule has 0 fully saturated rings. The van der Waals surface area contributed by atoms with E-state index in [1.807, 2.05) is 26.8 Å². The zero-order valence-corrected chi connectivity index (χ0v) is 15.0. The summed E-state index contributed by atoms with van der Waals surface area (Å²) in [5, 5.41) is 15.7. The van der Waals surface area contributed by atoms with Crippen LogP contribution in [0.25, 0.3) is 0 Å². The highest BCUT2D eigenvalue weighted by atomic mass is 35.5. The largest absolute Gasteiger partial charge is 0.493 e. The number of aliphatic hydroxyl groups is 1. The smallest absolute Gasteiger partial charge is 0.315 e. The zero-order valence-electron chi connectivity index (χ0n) is 14.3. The van der Waals surface area contributed by atoms with Crippen molar-refractivity contribution in [3.8, 4) is 5.75 Å². The molecule has 3 N–H and O–H groups in total. The van der Waals surface area contributed by atoms with Crippen LogP contribution in [0.5, 0.6) is 5.75 Å². The highest BCUT2D eigenvalue weighted by Gasteiger charge is 2.21. The first-order valence-electron chi connectivity index (χ1n) is 7.84. The molecule has 0 spiro atoms. The van der Waals surface area contributed by atoms with Gasteiger partial charge in [-0.2, -0.15) is 0 Å². The average molecular weight is 343 g/mol. The van der Waals surface area contributed by atoms with E-state index in [1.165, 1.54) is 0 Å². The molecule has 6 heteroatoms. The second-order valence-corrected chi connectivity index (χ2v) is 6.88. The van der Waals surface area contributed by atoms with E-state index in [9.17, 15) is 9.90 Å². The van der Waals surface area contributed by atoms with E-state index >= 15 is 0 Å². The molecular weight excluding hydrogens is 316 g/mol. The number of carbonyl (C=O) groups excluding carboxylic acids is 1. The Morgan fingerprint density at radius 1 is 1.39 bits per heavy atom. The highest BCUT2D eigenvalue weighted by Crippen LogP contribution is 2.23. The topological polar surface area (TPSA) is 70.6 Å². The first-order valence-corrected chi connectivity index (χ1v) is 8.22. The Morgan fingerprint density at radius 2 is 2.09 bits per heavy atom. The molecular formula is C17H27ClN2O3. The van der Waals surface area contributed by atoms with Gasteiger partial charge in [-0.05, 0) is 37.8 Å². The fraction of sp³-hybridized carbons (Fsp3) is 0.588. The molecule has 23 heavy (non-hydrogen) atoms. The van der Waals surface area contributed by atoms with Gasteiger partial charge in [0.1, 0.15) is 5.75 Å². The molecule has 0 aliphatic carbocycles. The highest BCUT2D eigenvalue weighted by molar-refractivity contribution is 6.30. The standard InChI is InChI=1S/C17H27ClN2O3/c1-5-23-15-8-14(18)7-6-13(15)10-19-16(22)20-11-17(3,4)9-12(2)21/h6-8,12,21H,5,9-11H2,1-4H3,(H2,19,20,22). The van der Waals surface area contributed by atoms with Crippen molar-refractivity contribution in [2.75, 3.05) is 13.2 Å². The van der Waals surface area contributed by atoms with Gasteiger partial charge < -0.3 is 20.5 Å². The van der Waals surface area contributed by atoms with Gasteiger partial charge in [-0.25, -0.2) is 4.79 Å². The van der Waals surface area contributed by atoms with Crippen LogP contribution >= 0.6 is 11.6 Å². The van der Waals surface area contributed by atoms with Gasteiger partial charge in [0.2, 0.25) is 0 Å². The number of carbonyl (C=O) groups is 1. The van der Waals surface area contributed by atoms with Crippen LogP contribution < -0.4 is 15.4 Å². The lowest BCUT2D eigenvalue weighted by Crippen LogP contribution is -2.41. The Kier molecular flexibility index (Phi) is 7.65. The number of hydrogen-bond acceptors (Lipinski definition) is 3. The number of hydrogen-bond donors (Lipinski definition) is 3. The zero-order chi connectivity index (χ0) is 17.5. The minimum absolute atomic E-state index is 0.164. The van der Waals surface area contributed by atoms with Crippen LogP contribution in [-0.4, -0.2) is 30.4 Å². The molecule has 1 aromatic rings. The molecule has 0 saturated heterocycles. The first-order chi connectivity index (χ1) is 10.7. The quantitative estimate of drug-likeness (QED) is 0.678. The number of nitrogens with one attached hydrogen (secondary N) is 2. The van der Waals surface area contributed by atoms with Crippen LogP contribution in [-0.2, 0) is 6.54 Å². The molecule has 1 atom stereocenters. The summed E-state index contributed by atoms with van der Waals surface area (Å²) in [7, 11) is 0. The van der Waals surface area contributed by atoms with Gasteiger partial charge in [0, 0.05) is 23.7 Å². The van der Waals surface area contributed by atoms with E-state index in [4.69, 9.17) is 16.3 Å². The summed E-state index contributed by atoms with van der Waals surface area (Å²) in [4.78, 5) is 11.9. The Hall–Kier alpha value is -1.46. The number of amides is 2. The molecule has 1 rings (SSSR count). The van der Waals surface area contributed by atoms with E-state index in [0.29, 0.717) is 36.9 Å². The summed E-state index contributed by atoms with van der Waals surface area (Å²) >= 11 is 5.96. The Balaban J connectivity index is 2.50. The van der Waals surface area contributed by atoms with Crippen LogP contribution in [0.3, 0.4) is 0 Å². The lowest BCUT2D eigenvalue weighted by molar-refractivity contribution is 0.129. The maximum Gasteiger partial charge on any atom is 0.315 e. The van der Waals surface area contributed by atoms with Crippen molar-refractivity contribution in [1.29, 1.82) is 0 Å². The van der Waals surface area contributed by atoms with E-state index in [0.717, 1.165) is 5.56 Å². The molecule has 0 bridgehead atoms. The first kappa shape index (κ1) is 19.6. The number of halogens is 1. The molecule has 130 valence electrons. The van der Waals surface area contributed by atoms with Crippen LogP contribution in [0.4, 0.5) is 4.79 Å². The van der Waals surface area contributed by atoms with Crippen molar-refractivity contribution in [1.82, 2.24) is 10.6 Å². The SMILES string of the molecule is CCOc1cc(Cl)ccc1CNC(=O)NCC(C)(C)CC(C)O. The van der Waals surface area contributed by atoms with Crippen LogP contribution in [0.2, 0.25) is 5.02 Å². The van der Waals surface area contributed by atoms with Crippen molar-refractivity contribution < 1.29 is 14.6 Å². The van der Waals surface area contributed by atoms with Crippen molar-refractivity contribution in [2.24, 2.45) is 5.41 Å². The summed E-state index contributed by atoms with van der Waals surface area (Å²) in [5.41, 5.74) is 0.706. The third-order valence-corrected chi connectivity index (χ3v) is 3.58. The monoisotopic (exact) mass is 342 g/mol. The fourth-order valence-corrected chi connectivity index (χ4v) is 2.56. The lowest BCUT2D eigenvalue weighted by Gasteiger charge is -2.26. The molecule has 0 aromatic heterocycles. The summed E-state index contributed by atoms with van der Waals surface area (Å²) in [6.07, 6.45) is 0.233. The van der Waals surface area contributed by atoms with E-state index in [2.05, 4.69) is 10.6 Å². The van der Waals surface area contributed by atoms with E-state index in [-0.39, 0.29) is 11.4 Å². The Labute approximate surface area is 143 Å². The molecule has 0 heterocycles. The van der Waals surface area contributed by atoms with Crippen LogP contribution in [0.1, 0.15) is 39.7 Å². The van der Waals surface area contributed by atoms with Crippen molar-refractivity contribution in [3.63, 3.8) is 0 Å². The summed E-state index contributed by atoms with van der Waals surface area (Å²) < 4.78 is 5.52. The van der Waals surface area contributed by atoms with Gasteiger partial charge in [-0.15, -0.1) is 0 Å². The molecule has 0 saturated carbocycles. The predicted molar refractivity (Wildman–Crippen MR) is 92.9 cm³/mol. The Bertz CT molecular complexity index is 519. The van der Waals surface area contributed by atoms with E-state index < -0.39 is 6.10 Å². The number of ether oxygens (including phenoxy) is 1. The van der Waals surface area contributed by atoms with E-state index in [1.54, 1.807) is 19.1 Å². The molecule has 0 aliphatic heterocycles. The summed E-state index contributed by atoms with van der Waals surface area (Å²) in [5.74, 6) is 0.676. The number of rotatable bonds is 8. The number of benzene rings is 1. The van der Waals surface area contributed by atoms with Crippen molar-refractivity contribution in [2.45, 2.75) is 46.8 Å². The van der Waals surface area contributed by atoms with Crippen LogP contribution in [0, 0.1) is 5.41 Å². The third-order valence-electron chi connectivity index (χ3n) is 3.34. The maximum absolute atomic E-state index is 11.9. The number of urea groups is 1. The normalized spacial score (nSPS) is 12.6. The van der Waals surface area contributed by atoms with Gasteiger partial charge in [0.25, 0.3) is 0 Å². The fourth-order valence-electron chi connectivity index (χ4n) is 2.39. The molecule has 1 aromatic carbocycles. The second kappa shape index (κ2) is 8.99. The second-order valence-electron chi connectivity index (χ2n) is 6.44. The lowest BCUT2D eigenvalue weighted by atomic mass is 9.87.